The van der Waals surface area contributed by atoms with Crippen molar-refractivity contribution in [3.8, 4) is 22.6 Å². The number of carbonyl (C=O) groups excluding carboxylic acids is 1. The highest BCUT2D eigenvalue weighted by atomic mass is 32.2. The molecule has 1 atom stereocenters. The molecule has 0 saturated carbocycles. The fourth-order valence-electron chi connectivity index (χ4n) is 4.75. The number of imidazole rings is 1. The minimum atomic E-state index is -3.01. The van der Waals surface area contributed by atoms with Gasteiger partial charge in [0.2, 0.25) is 0 Å². The number of hydrogen-bond donors (Lipinski definition) is 0. The topological polar surface area (TPSA) is 79.7 Å². The maximum Gasteiger partial charge on any atom is 0.387 e. The number of allylic oxidation sites excluding steroid dienone is 1. The number of halogens is 2. The molecule has 0 saturated heterocycles. The van der Waals surface area contributed by atoms with E-state index in [1.54, 1.807) is 42.7 Å². The van der Waals surface area contributed by atoms with Crippen LogP contribution in [-0.2, 0) is 39.0 Å². The minimum Gasteiger partial charge on any atom is -0.491 e. The van der Waals surface area contributed by atoms with E-state index in [-0.39, 0.29) is 18.0 Å². The quantitative estimate of drug-likeness (QED) is 0.0808. The van der Waals surface area contributed by atoms with Gasteiger partial charge in [0.1, 0.15) is 18.1 Å². The zero-order valence-electron chi connectivity index (χ0n) is 26.4. The van der Waals surface area contributed by atoms with Gasteiger partial charge in [-0.1, -0.05) is 43.7 Å². The summed E-state index contributed by atoms with van der Waals surface area (Å²) in [6, 6.07) is 19.4. The van der Waals surface area contributed by atoms with Gasteiger partial charge >= 0.3 is 6.61 Å². The number of carbonyl (C=O) groups is 1. The van der Waals surface area contributed by atoms with Crippen LogP contribution in [0.3, 0.4) is 0 Å². The Morgan fingerprint density at radius 1 is 0.978 bits per heavy atom. The fraction of sp³-hybridized carbons (Fsp3) is 0.333. The highest BCUT2D eigenvalue weighted by Gasteiger charge is 2.14. The number of rotatable bonds is 18. The summed E-state index contributed by atoms with van der Waals surface area (Å²) >= 11 is 0. The van der Waals surface area contributed by atoms with Crippen LogP contribution in [0.25, 0.3) is 17.2 Å². The molecular formula is C36H40F2N2O5S. The van der Waals surface area contributed by atoms with Crippen molar-refractivity contribution in [1.82, 2.24) is 9.55 Å². The third kappa shape index (κ3) is 10.2. The summed E-state index contributed by atoms with van der Waals surface area (Å²) < 4.78 is 57.2. The summed E-state index contributed by atoms with van der Waals surface area (Å²) in [6.45, 7) is 5.45. The fourth-order valence-corrected chi connectivity index (χ4v) is 5.98. The lowest BCUT2D eigenvalue weighted by Crippen LogP contribution is -2.07. The number of alkyl halides is 2. The van der Waals surface area contributed by atoms with Crippen LogP contribution >= 0.6 is 0 Å². The molecule has 0 amide bonds. The summed E-state index contributed by atoms with van der Waals surface area (Å²) in [6.07, 6.45) is 6.80. The molecule has 3 aromatic carbocycles. The number of unbranched alkanes of at least 4 members (excludes halogenated alkanes) is 1. The van der Waals surface area contributed by atoms with Crippen LogP contribution in [-0.4, -0.2) is 46.0 Å². The standard InChI is InChI=1S/C36H40F2N2O5S/c1-4-6-19-43-20-21-44-32-14-10-28(11-15-32)29-12-18-35(45-36(37)38)30(23-29)9-13-31(41)22-27-7-16-33(17-8-27)46(42)24-34-26(3)39-25-40(34)5-2/h7-18,23,25,36H,4-6,19-22,24H2,1-3H3/b13-9+. The predicted molar refractivity (Wildman–Crippen MR) is 177 cm³/mol. The zero-order chi connectivity index (χ0) is 32.9. The molecule has 10 heteroatoms. The second kappa shape index (κ2) is 17.5. The van der Waals surface area contributed by atoms with Gasteiger partial charge in [-0.05, 0) is 85.5 Å². The van der Waals surface area contributed by atoms with E-state index in [0.29, 0.717) is 35.2 Å². The number of ether oxygens (including phenoxy) is 3. The van der Waals surface area contributed by atoms with E-state index in [2.05, 4.69) is 11.9 Å². The second-order valence-electron chi connectivity index (χ2n) is 10.6. The van der Waals surface area contributed by atoms with Crippen molar-refractivity contribution in [2.75, 3.05) is 19.8 Å². The van der Waals surface area contributed by atoms with E-state index in [0.717, 1.165) is 54.1 Å². The molecule has 0 aliphatic carbocycles. The van der Waals surface area contributed by atoms with Crippen molar-refractivity contribution in [2.24, 2.45) is 0 Å². The Labute approximate surface area is 271 Å². The van der Waals surface area contributed by atoms with Crippen LogP contribution in [0.4, 0.5) is 8.78 Å². The van der Waals surface area contributed by atoms with Gasteiger partial charge in [0.25, 0.3) is 0 Å². The van der Waals surface area contributed by atoms with E-state index >= 15 is 0 Å². The largest absolute Gasteiger partial charge is 0.491 e. The van der Waals surface area contributed by atoms with Gasteiger partial charge in [-0.2, -0.15) is 8.78 Å². The molecule has 244 valence electrons. The van der Waals surface area contributed by atoms with E-state index in [4.69, 9.17) is 14.2 Å². The number of benzene rings is 3. The van der Waals surface area contributed by atoms with Gasteiger partial charge in [-0.3, -0.25) is 9.00 Å². The molecule has 0 radical (unpaired) electrons. The third-order valence-electron chi connectivity index (χ3n) is 7.33. The number of ketones is 1. The lowest BCUT2D eigenvalue weighted by atomic mass is 10.0. The van der Waals surface area contributed by atoms with Gasteiger partial charge < -0.3 is 18.8 Å². The molecule has 0 fully saturated rings. The predicted octanol–water partition coefficient (Wildman–Crippen LogP) is 7.81. The van der Waals surface area contributed by atoms with Gasteiger partial charge in [-0.15, -0.1) is 0 Å². The van der Waals surface area contributed by atoms with Crippen molar-refractivity contribution < 1.29 is 32.0 Å². The Morgan fingerprint density at radius 2 is 1.72 bits per heavy atom. The lowest BCUT2D eigenvalue weighted by Gasteiger charge is -2.11. The zero-order valence-corrected chi connectivity index (χ0v) is 27.2. The number of hydrogen-bond acceptors (Lipinski definition) is 6. The van der Waals surface area contributed by atoms with Gasteiger partial charge in [-0.25, -0.2) is 4.98 Å². The van der Waals surface area contributed by atoms with Crippen LogP contribution in [0.1, 0.15) is 49.2 Å². The molecule has 1 aromatic heterocycles. The van der Waals surface area contributed by atoms with Gasteiger partial charge in [0, 0.05) is 30.0 Å². The highest BCUT2D eigenvalue weighted by molar-refractivity contribution is 7.84. The lowest BCUT2D eigenvalue weighted by molar-refractivity contribution is -0.113. The van der Waals surface area contributed by atoms with Crippen LogP contribution in [0.5, 0.6) is 11.5 Å². The third-order valence-corrected chi connectivity index (χ3v) is 8.66. The second-order valence-corrected chi connectivity index (χ2v) is 12.1. The number of aryl methyl sites for hydroxylation is 2. The summed E-state index contributed by atoms with van der Waals surface area (Å²) in [5.74, 6) is 0.807. The van der Waals surface area contributed by atoms with Crippen molar-refractivity contribution in [2.45, 2.75) is 63.8 Å². The molecule has 0 N–H and O–H groups in total. The van der Waals surface area contributed by atoms with E-state index < -0.39 is 17.4 Å². The Kier molecular flexibility index (Phi) is 13.2. The van der Waals surface area contributed by atoms with Gasteiger partial charge in [0.15, 0.2) is 5.78 Å². The molecule has 7 nitrogen and oxygen atoms in total. The summed E-state index contributed by atoms with van der Waals surface area (Å²) in [5.41, 5.74) is 4.52. The Bertz CT molecular complexity index is 1620. The number of nitrogens with zero attached hydrogens (tertiary/aromatic N) is 2. The first-order valence-electron chi connectivity index (χ1n) is 15.4. The maximum absolute atomic E-state index is 13.1. The van der Waals surface area contributed by atoms with Crippen molar-refractivity contribution in [1.29, 1.82) is 0 Å². The van der Waals surface area contributed by atoms with E-state index in [9.17, 15) is 17.8 Å². The minimum absolute atomic E-state index is 0.0303. The highest BCUT2D eigenvalue weighted by Crippen LogP contribution is 2.30. The van der Waals surface area contributed by atoms with Crippen molar-refractivity contribution in [3.05, 3.63) is 102 Å². The average Bonchev–Trinajstić information content (AvgIpc) is 3.41. The molecular weight excluding hydrogens is 610 g/mol. The summed E-state index contributed by atoms with van der Waals surface area (Å²) in [7, 11) is -1.26. The van der Waals surface area contributed by atoms with Crippen LogP contribution in [0.2, 0.25) is 0 Å². The summed E-state index contributed by atoms with van der Waals surface area (Å²) in [4.78, 5) is 17.8. The van der Waals surface area contributed by atoms with Gasteiger partial charge in [0.05, 0.1) is 40.9 Å². The molecule has 46 heavy (non-hydrogen) atoms. The first-order valence-corrected chi connectivity index (χ1v) is 16.7. The summed E-state index contributed by atoms with van der Waals surface area (Å²) in [5, 5.41) is 0. The van der Waals surface area contributed by atoms with E-state index in [1.165, 1.54) is 18.2 Å². The molecule has 0 spiro atoms. The first-order chi connectivity index (χ1) is 22.3. The number of aromatic nitrogens is 2. The van der Waals surface area contributed by atoms with E-state index in [1.807, 2.05) is 42.7 Å². The normalized spacial score (nSPS) is 12.1. The average molecular weight is 651 g/mol. The molecule has 1 heterocycles. The maximum atomic E-state index is 13.1. The SMILES string of the molecule is CCCCOCCOc1ccc(-c2ccc(OC(F)F)c(/C=C/C(=O)Cc3ccc(S(=O)Cc4c(C)ncn4CC)cc3)c2)cc1. The van der Waals surface area contributed by atoms with Crippen LogP contribution < -0.4 is 9.47 Å². The molecule has 4 aromatic rings. The Balaban J connectivity index is 1.39. The Hall–Kier alpha value is -4.15. The van der Waals surface area contributed by atoms with Crippen LogP contribution in [0, 0.1) is 6.92 Å². The monoisotopic (exact) mass is 650 g/mol. The molecule has 1 unspecified atom stereocenters. The smallest absolute Gasteiger partial charge is 0.387 e. The first kappa shape index (κ1) is 34.7. The molecule has 0 aliphatic heterocycles. The van der Waals surface area contributed by atoms with Crippen LogP contribution in [0.15, 0.2) is 84.0 Å². The molecule has 0 bridgehead atoms. The molecule has 4 rings (SSSR count). The Morgan fingerprint density at radius 3 is 2.41 bits per heavy atom. The van der Waals surface area contributed by atoms with Crippen molar-refractivity contribution in [3.63, 3.8) is 0 Å². The van der Waals surface area contributed by atoms with Crippen molar-refractivity contribution >= 4 is 22.7 Å². The molecule has 0 aliphatic rings.